The number of carbonyl (C=O) groups is 1. The molecule has 3 aromatic rings. The summed E-state index contributed by atoms with van der Waals surface area (Å²) in [5.41, 5.74) is 1.70. The summed E-state index contributed by atoms with van der Waals surface area (Å²) in [4.78, 5) is 14.4. The van der Waals surface area contributed by atoms with Crippen LogP contribution >= 0.6 is 0 Å². The Balaban J connectivity index is 1.78. The molecule has 0 fully saturated rings. The Hall–Kier alpha value is -3.92. The van der Waals surface area contributed by atoms with Gasteiger partial charge in [0.05, 0.1) is 19.9 Å². The van der Waals surface area contributed by atoms with Gasteiger partial charge >= 0.3 is 0 Å². The van der Waals surface area contributed by atoms with E-state index in [1.165, 1.54) is 50.6 Å². The third kappa shape index (κ3) is 5.86. The Morgan fingerprint density at radius 1 is 0.939 bits per heavy atom. The lowest BCUT2D eigenvalue weighted by molar-refractivity contribution is 0.102. The van der Waals surface area contributed by atoms with Crippen molar-refractivity contribution in [1.82, 2.24) is 4.83 Å². The number of rotatable bonds is 8. The standard InChI is InChI=1S/C23H22FN3O5S/c1-15(26-27-33(29,30)22-14-20(31-2)11-12-21(22)32-3)17-5-4-6-19(13-17)25-23(28)16-7-9-18(24)10-8-16/h4-14,27H,1-3H3,(H,25,28). The molecule has 3 aromatic carbocycles. The summed E-state index contributed by atoms with van der Waals surface area (Å²) in [7, 11) is -1.26. The number of nitrogens with one attached hydrogen (secondary N) is 2. The fourth-order valence-electron chi connectivity index (χ4n) is 2.86. The molecular formula is C23H22FN3O5S. The average Bonchev–Trinajstić information content (AvgIpc) is 2.82. The van der Waals surface area contributed by atoms with E-state index in [1.54, 1.807) is 37.3 Å². The van der Waals surface area contributed by atoms with Crippen molar-refractivity contribution < 1.29 is 27.1 Å². The first-order valence-corrected chi connectivity index (χ1v) is 11.2. The minimum Gasteiger partial charge on any atom is -0.497 e. The molecule has 0 atom stereocenters. The lowest BCUT2D eigenvalue weighted by Crippen LogP contribution is -2.21. The van der Waals surface area contributed by atoms with Gasteiger partial charge in [0.15, 0.2) is 0 Å². The molecule has 0 saturated carbocycles. The fraction of sp³-hybridized carbons (Fsp3) is 0.130. The summed E-state index contributed by atoms with van der Waals surface area (Å²) in [6, 6.07) is 16.3. The van der Waals surface area contributed by atoms with E-state index in [-0.39, 0.29) is 10.6 Å². The van der Waals surface area contributed by atoms with E-state index < -0.39 is 21.7 Å². The molecular weight excluding hydrogens is 449 g/mol. The van der Waals surface area contributed by atoms with Crippen LogP contribution in [0.3, 0.4) is 0 Å². The molecule has 2 N–H and O–H groups in total. The zero-order chi connectivity index (χ0) is 24.0. The number of anilines is 1. The van der Waals surface area contributed by atoms with E-state index in [0.717, 1.165) is 0 Å². The van der Waals surface area contributed by atoms with Gasteiger partial charge < -0.3 is 14.8 Å². The highest BCUT2D eigenvalue weighted by Crippen LogP contribution is 2.28. The van der Waals surface area contributed by atoms with E-state index in [1.807, 2.05) is 0 Å². The van der Waals surface area contributed by atoms with Crippen molar-refractivity contribution in [1.29, 1.82) is 0 Å². The number of hydrogen-bond donors (Lipinski definition) is 2. The molecule has 0 unspecified atom stereocenters. The molecule has 0 spiro atoms. The second-order valence-electron chi connectivity index (χ2n) is 6.85. The molecule has 33 heavy (non-hydrogen) atoms. The maximum atomic E-state index is 13.1. The van der Waals surface area contributed by atoms with Gasteiger partial charge in [-0.3, -0.25) is 4.79 Å². The second-order valence-corrected chi connectivity index (χ2v) is 8.48. The molecule has 0 saturated heterocycles. The highest BCUT2D eigenvalue weighted by molar-refractivity contribution is 7.89. The predicted molar refractivity (Wildman–Crippen MR) is 123 cm³/mol. The van der Waals surface area contributed by atoms with Crippen LogP contribution in [0.2, 0.25) is 0 Å². The SMILES string of the molecule is COc1ccc(OC)c(S(=O)(=O)NN=C(C)c2cccc(NC(=O)c3ccc(F)cc3)c2)c1. The Morgan fingerprint density at radius 3 is 2.33 bits per heavy atom. The number of halogens is 1. The molecule has 0 radical (unpaired) electrons. The van der Waals surface area contributed by atoms with Crippen molar-refractivity contribution in [2.24, 2.45) is 5.10 Å². The van der Waals surface area contributed by atoms with Crippen molar-refractivity contribution in [3.05, 3.63) is 83.7 Å². The van der Waals surface area contributed by atoms with Crippen molar-refractivity contribution in [2.45, 2.75) is 11.8 Å². The highest BCUT2D eigenvalue weighted by Gasteiger charge is 2.20. The smallest absolute Gasteiger partial charge is 0.280 e. The van der Waals surface area contributed by atoms with Crippen molar-refractivity contribution in [2.75, 3.05) is 19.5 Å². The van der Waals surface area contributed by atoms with E-state index in [0.29, 0.717) is 28.3 Å². The molecule has 0 bridgehead atoms. The minimum atomic E-state index is -4.05. The van der Waals surface area contributed by atoms with Crippen LogP contribution in [0.15, 0.2) is 76.7 Å². The number of nitrogens with zero attached hydrogens (tertiary/aromatic N) is 1. The Bertz CT molecular complexity index is 1290. The molecule has 0 aliphatic rings. The quantitative estimate of drug-likeness (QED) is 0.384. The van der Waals surface area contributed by atoms with Crippen LogP contribution in [0.5, 0.6) is 11.5 Å². The van der Waals surface area contributed by atoms with Gasteiger partial charge in [-0.1, -0.05) is 12.1 Å². The molecule has 10 heteroatoms. The molecule has 0 aliphatic heterocycles. The van der Waals surface area contributed by atoms with Crippen LogP contribution < -0.4 is 19.6 Å². The normalized spacial score (nSPS) is 11.6. The van der Waals surface area contributed by atoms with Crippen molar-refractivity contribution in [3.63, 3.8) is 0 Å². The number of sulfonamides is 1. The molecule has 8 nitrogen and oxygen atoms in total. The van der Waals surface area contributed by atoms with Crippen LogP contribution in [0.25, 0.3) is 0 Å². The van der Waals surface area contributed by atoms with Gasteiger partial charge in [-0.2, -0.15) is 18.4 Å². The zero-order valence-electron chi connectivity index (χ0n) is 18.1. The molecule has 0 heterocycles. The average molecular weight is 472 g/mol. The van der Waals surface area contributed by atoms with Crippen LogP contribution in [0.1, 0.15) is 22.8 Å². The maximum absolute atomic E-state index is 13.1. The summed E-state index contributed by atoms with van der Waals surface area (Å²) in [5, 5.41) is 6.70. The van der Waals surface area contributed by atoms with Crippen LogP contribution in [0.4, 0.5) is 10.1 Å². The molecule has 1 amide bonds. The lowest BCUT2D eigenvalue weighted by Gasteiger charge is -2.11. The van der Waals surface area contributed by atoms with E-state index >= 15 is 0 Å². The van der Waals surface area contributed by atoms with Crippen LogP contribution in [-0.4, -0.2) is 34.3 Å². The summed E-state index contributed by atoms with van der Waals surface area (Å²) >= 11 is 0. The third-order valence-electron chi connectivity index (χ3n) is 4.64. The second kappa shape index (κ2) is 10.1. The molecule has 172 valence electrons. The van der Waals surface area contributed by atoms with Gasteiger partial charge in [-0.25, -0.2) is 4.39 Å². The third-order valence-corrected chi connectivity index (χ3v) is 5.87. The highest BCUT2D eigenvalue weighted by atomic mass is 32.2. The van der Waals surface area contributed by atoms with Crippen LogP contribution in [0, 0.1) is 5.82 Å². The van der Waals surface area contributed by atoms with E-state index in [2.05, 4.69) is 15.2 Å². The number of methoxy groups -OCH3 is 2. The Labute approximate surface area is 191 Å². The van der Waals surface area contributed by atoms with Crippen molar-refractivity contribution in [3.8, 4) is 11.5 Å². The van der Waals surface area contributed by atoms with Gasteiger partial charge in [0.2, 0.25) is 0 Å². The first-order valence-electron chi connectivity index (χ1n) is 9.69. The largest absolute Gasteiger partial charge is 0.497 e. The first-order chi connectivity index (χ1) is 15.7. The van der Waals surface area contributed by atoms with Gasteiger partial charge in [-0.15, -0.1) is 0 Å². The van der Waals surface area contributed by atoms with Gasteiger partial charge in [0.25, 0.3) is 15.9 Å². The van der Waals surface area contributed by atoms with Gasteiger partial charge in [0, 0.05) is 17.3 Å². The Kier molecular flexibility index (Phi) is 7.29. The van der Waals surface area contributed by atoms with Crippen molar-refractivity contribution >= 4 is 27.3 Å². The van der Waals surface area contributed by atoms with Gasteiger partial charge in [0.1, 0.15) is 22.2 Å². The lowest BCUT2D eigenvalue weighted by atomic mass is 10.1. The summed E-state index contributed by atoms with van der Waals surface area (Å²) in [6.07, 6.45) is 0. The van der Waals surface area contributed by atoms with E-state index in [4.69, 9.17) is 9.47 Å². The predicted octanol–water partition coefficient (Wildman–Crippen LogP) is 3.80. The molecule has 0 aromatic heterocycles. The first kappa shape index (κ1) is 23.7. The summed E-state index contributed by atoms with van der Waals surface area (Å²) in [5.74, 6) is -0.356. The number of amides is 1. The zero-order valence-corrected chi connectivity index (χ0v) is 18.9. The number of carbonyl (C=O) groups excluding carboxylic acids is 1. The monoisotopic (exact) mass is 471 g/mol. The number of hydrogen-bond acceptors (Lipinski definition) is 6. The molecule has 0 aliphatic carbocycles. The van der Waals surface area contributed by atoms with E-state index in [9.17, 15) is 17.6 Å². The minimum absolute atomic E-state index is 0.124. The van der Waals surface area contributed by atoms with Gasteiger partial charge in [-0.05, 0) is 61.0 Å². The molecule has 3 rings (SSSR count). The van der Waals surface area contributed by atoms with Crippen LogP contribution in [-0.2, 0) is 10.0 Å². The number of benzene rings is 3. The number of ether oxygens (including phenoxy) is 2. The summed E-state index contributed by atoms with van der Waals surface area (Å²) in [6.45, 7) is 1.62. The Morgan fingerprint density at radius 2 is 1.67 bits per heavy atom. The maximum Gasteiger partial charge on any atom is 0.280 e. The summed E-state index contributed by atoms with van der Waals surface area (Å²) < 4.78 is 48.8. The fourth-order valence-corrected chi connectivity index (χ4v) is 3.91. The topological polar surface area (TPSA) is 106 Å². The number of hydrazone groups is 1.